The van der Waals surface area contributed by atoms with Gasteiger partial charge in [0.05, 0.1) is 33.0 Å². The van der Waals surface area contributed by atoms with Crippen molar-refractivity contribution in [3.8, 4) is 6.07 Å². The molecular formula is C16H16N4O2S3. The van der Waals surface area contributed by atoms with Crippen molar-refractivity contribution in [3.63, 3.8) is 0 Å². The highest BCUT2D eigenvalue weighted by Gasteiger charge is 2.12. The summed E-state index contributed by atoms with van der Waals surface area (Å²) in [5.41, 5.74) is 7.59. The molecule has 0 bridgehead atoms. The Bertz CT molecular complexity index is 797. The smallest absolute Gasteiger partial charge is 0.236 e. The monoisotopic (exact) mass is 392 g/mol. The highest BCUT2D eigenvalue weighted by Crippen LogP contribution is 2.31. The average molecular weight is 393 g/mol. The first-order valence-electron chi connectivity index (χ1n) is 7.23. The summed E-state index contributed by atoms with van der Waals surface area (Å²) in [6.07, 6.45) is 0. The van der Waals surface area contributed by atoms with E-state index in [0.29, 0.717) is 22.2 Å². The Morgan fingerprint density at radius 1 is 1.32 bits per heavy atom. The number of aryl methyl sites for hydroxylation is 1. The van der Waals surface area contributed by atoms with E-state index in [-0.39, 0.29) is 17.6 Å². The first kappa shape index (κ1) is 19.3. The number of nitrogens with zero attached hydrogens (tertiary/aromatic N) is 2. The lowest BCUT2D eigenvalue weighted by molar-refractivity contribution is -0.115. The van der Waals surface area contributed by atoms with Crippen molar-refractivity contribution in [2.75, 3.05) is 16.8 Å². The lowest BCUT2D eigenvalue weighted by Gasteiger charge is -2.02. The predicted molar refractivity (Wildman–Crippen MR) is 103 cm³/mol. The minimum absolute atomic E-state index is 0.126. The quantitative estimate of drug-likeness (QED) is 0.669. The summed E-state index contributed by atoms with van der Waals surface area (Å²) in [6, 6.07) is 9.37. The Morgan fingerprint density at radius 2 is 2.04 bits per heavy atom. The molecule has 1 aromatic carbocycles. The van der Waals surface area contributed by atoms with Gasteiger partial charge in [-0.2, -0.15) is 5.26 Å². The molecule has 2 rings (SSSR count). The van der Waals surface area contributed by atoms with E-state index in [1.54, 1.807) is 12.1 Å². The predicted octanol–water partition coefficient (Wildman–Crippen LogP) is 2.77. The fourth-order valence-corrected chi connectivity index (χ4v) is 4.48. The van der Waals surface area contributed by atoms with Gasteiger partial charge in [-0.25, -0.2) is 4.98 Å². The van der Waals surface area contributed by atoms with Crippen molar-refractivity contribution in [3.05, 3.63) is 41.1 Å². The zero-order valence-electron chi connectivity index (χ0n) is 13.4. The number of anilines is 1. The van der Waals surface area contributed by atoms with Gasteiger partial charge in [0.15, 0.2) is 5.13 Å². The summed E-state index contributed by atoms with van der Waals surface area (Å²) in [5, 5.41) is 12.1. The van der Waals surface area contributed by atoms with Gasteiger partial charge in [0.25, 0.3) is 0 Å². The zero-order valence-corrected chi connectivity index (χ0v) is 15.9. The highest BCUT2D eigenvalue weighted by molar-refractivity contribution is 8.01. The molecule has 0 radical (unpaired) electrons. The summed E-state index contributed by atoms with van der Waals surface area (Å²) < 4.78 is 0.874. The molecule has 0 aliphatic heterocycles. The van der Waals surface area contributed by atoms with E-state index >= 15 is 0 Å². The molecule has 2 aromatic rings. The number of primary amides is 1. The molecule has 1 heterocycles. The van der Waals surface area contributed by atoms with Gasteiger partial charge in [-0.1, -0.05) is 23.5 Å². The molecule has 0 fully saturated rings. The van der Waals surface area contributed by atoms with Gasteiger partial charge < -0.3 is 11.1 Å². The lowest BCUT2D eigenvalue weighted by Crippen LogP contribution is -2.14. The number of thioether (sulfide) groups is 2. The largest absolute Gasteiger partial charge is 0.369 e. The van der Waals surface area contributed by atoms with Gasteiger partial charge in [-0.05, 0) is 24.6 Å². The third-order valence-corrected chi connectivity index (χ3v) is 6.39. The van der Waals surface area contributed by atoms with Crippen LogP contribution in [0.4, 0.5) is 5.13 Å². The molecule has 2 amide bonds. The normalized spacial score (nSPS) is 10.2. The van der Waals surface area contributed by atoms with Crippen LogP contribution in [0.1, 0.15) is 16.8 Å². The van der Waals surface area contributed by atoms with Gasteiger partial charge in [0.2, 0.25) is 11.8 Å². The van der Waals surface area contributed by atoms with Crippen LogP contribution in [0, 0.1) is 18.3 Å². The van der Waals surface area contributed by atoms with Crippen LogP contribution in [0.3, 0.4) is 0 Å². The molecule has 0 saturated carbocycles. The van der Waals surface area contributed by atoms with Crippen LogP contribution >= 0.6 is 34.9 Å². The minimum atomic E-state index is -0.386. The third-order valence-electron chi connectivity index (χ3n) is 2.93. The fraction of sp³-hybridized carbons (Fsp3) is 0.250. The Labute approximate surface area is 158 Å². The summed E-state index contributed by atoms with van der Waals surface area (Å²) in [5.74, 6) is 0.677. The molecule has 0 spiro atoms. The number of rotatable bonds is 8. The van der Waals surface area contributed by atoms with E-state index in [4.69, 9.17) is 11.0 Å². The van der Waals surface area contributed by atoms with Crippen LogP contribution in [0.5, 0.6) is 0 Å². The number of hydrogen-bond acceptors (Lipinski definition) is 7. The maximum absolute atomic E-state index is 12.0. The van der Waals surface area contributed by atoms with E-state index in [0.717, 1.165) is 15.5 Å². The van der Waals surface area contributed by atoms with Gasteiger partial charge >= 0.3 is 0 Å². The van der Waals surface area contributed by atoms with Crippen molar-refractivity contribution >= 4 is 51.8 Å². The molecular weight excluding hydrogens is 376 g/mol. The van der Waals surface area contributed by atoms with Crippen LogP contribution in [-0.2, 0) is 15.3 Å². The summed E-state index contributed by atoms with van der Waals surface area (Å²) in [6.45, 7) is 1.83. The molecule has 0 unspecified atom stereocenters. The Balaban J connectivity index is 1.79. The number of nitrogens with two attached hydrogens (primary N) is 1. The van der Waals surface area contributed by atoms with Crippen molar-refractivity contribution in [1.29, 1.82) is 5.26 Å². The second kappa shape index (κ2) is 9.46. The zero-order chi connectivity index (χ0) is 18.2. The van der Waals surface area contributed by atoms with Crippen molar-refractivity contribution in [2.45, 2.75) is 16.9 Å². The summed E-state index contributed by atoms with van der Waals surface area (Å²) >= 11 is 4.15. The maximum atomic E-state index is 12.0. The number of benzene rings is 1. The van der Waals surface area contributed by atoms with E-state index in [9.17, 15) is 9.59 Å². The molecule has 130 valence electrons. The SMILES string of the molecule is Cc1nc(NC(=O)CSCc2ccc(C#N)cc2)sc1SCC(N)=O. The number of thiazole rings is 1. The number of amides is 2. The number of hydrogen-bond donors (Lipinski definition) is 2. The van der Waals surface area contributed by atoms with Crippen molar-refractivity contribution in [1.82, 2.24) is 4.98 Å². The molecule has 0 aliphatic rings. The topological polar surface area (TPSA) is 109 Å². The molecule has 9 heteroatoms. The van der Waals surface area contributed by atoms with Crippen LogP contribution in [0.2, 0.25) is 0 Å². The maximum Gasteiger partial charge on any atom is 0.236 e. The lowest BCUT2D eigenvalue weighted by atomic mass is 10.2. The molecule has 6 nitrogen and oxygen atoms in total. The molecule has 1 aromatic heterocycles. The van der Waals surface area contributed by atoms with Crippen LogP contribution in [0.15, 0.2) is 28.5 Å². The van der Waals surface area contributed by atoms with Crippen LogP contribution in [-0.4, -0.2) is 28.3 Å². The number of carbonyl (C=O) groups is 2. The van der Waals surface area contributed by atoms with Crippen LogP contribution < -0.4 is 11.1 Å². The Morgan fingerprint density at radius 3 is 2.68 bits per heavy atom. The third kappa shape index (κ3) is 6.42. The molecule has 25 heavy (non-hydrogen) atoms. The molecule has 0 saturated heterocycles. The summed E-state index contributed by atoms with van der Waals surface area (Å²) in [7, 11) is 0. The van der Waals surface area contributed by atoms with E-state index < -0.39 is 0 Å². The molecule has 0 atom stereocenters. The first-order chi connectivity index (χ1) is 12.0. The van der Waals surface area contributed by atoms with Gasteiger partial charge in [0, 0.05) is 5.75 Å². The Kier molecular flexibility index (Phi) is 7.31. The van der Waals surface area contributed by atoms with E-state index in [2.05, 4.69) is 16.4 Å². The van der Waals surface area contributed by atoms with Gasteiger partial charge in [-0.3, -0.25) is 9.59 Å². The number of aromatic nitrogens is 1. The second-order valence-corrected chi connectivity index (χ2v) is 8.23. The second-order valence-electron chi connectivity index (χ2n) is 5.00. The number of nitriles is 1. The first-order valence-corrected chi connectivity index (χ1v) is 10.2. The standard InChI is InChI=1S/C16H16N4O2S3/c1-10-15(24-8-13(18)21)25-16(19-10)20-14(22)9-23-7-12-4-2-11(6-17)3-5-12/h2-5H,7-9H2,1H3,(H2,18,21)(H,19,20,22). The van der Waals surface area contributed by atoms with E-state index in [1.165, 1.54) is 34.9 Å². The van der Waals surface area contributed by atoms with Crippen molar-refractivity contribution < 1.29 is 9.59 Å². The Hall–Kier alpha value is -2.02. The average Bonchev–Trinajstić information content (AvgIpc) is 2.93. The van der Waals surface area contributed by atoms with E-state index in [1.807, 2.05) is 19.1 Å². The highest BCUT2D eigenvalue weighted by atomic mass is 32.2. The number of carbonyl (C=O) groups excluding carboxylic acids is 2. The number of nitrogens with one attached hydrogen (secondary N) is 1. The minimum Gasteiger partial charge on any atom is -0.369 e. The van der Waals surface area contributed by atoms with Crippen molar-refractivity contribution in [2.24, 2.45) is 5.73 Å². The molecule has 3 N–H and O–H groups in total. The molecule has 0 aliphatic carbocycles. The fourth-order valence-electron chi connectivity index (χ4n) is 1.80. The summed E-state index contributed by atoms with van der Waals surface area (Å²) in [4.78, 5) is 27.1. The van der Waals surface area contributed by atoms with Crippen LogP contribution in [0.25, 0.3) is 0 Å². The van der Waals surface area contributed by atoms with Gasteiger partial charge in [-0.15, -0.1) is 23.5 Å². The van der Waals surface area contributed by atoms with Gasteiger partial charge in [0.1, 0.15) is 0 Å².